The van der Waals surface area contributed by atoms with E-state index in [1.54, 1.807) is 12.1 Å². The van der Waals surface area contributed by atoms with E-state index in [0.717, 1.165) is 6.42 Å². The zero-order valence-electron chi connectivity index (χ0n) is 9.10. The Morgan fingerprint density at radius 3 is 2.38 bits per heavy atom. The van der Waals surface area contributed by atoms with Crippen molar-refractivity contribution < 1.29 is 19.4 Å². The molecule has 0 atom stereocenters. The highest BCUT2D eigenvalue weighted by Gasteiger charge is 2.04. The Morgan fingerprint density at radius 1 is 1.25 bits per heavy atom. The number of ketones is 1. The van der Waals surface area contributed by atoms with E-state index < -0.39 is 5.97 Å². The third kappa shape index (κ3) is 3.73. The number of Topliss-reactive ketones (excluding diaryl/α,β-unsaturated/α-hetero) is 1. The van der Waals surface area contributed by atoms with Crippen LogP contribution in [0.15, 0.2) is 24.3 Å². The van der Waals surface area contributed by atoms with Crippen molar-refractivity contribution in [1.29, 1.82) is 0 Å². The summed E-state index contributed by atoms with van der Waals surface area (Å²) in [7, 11) is 0. The lowest BCUT2D eigenvalue weighted by Gasteiger charge is -2.04. The molecule has 4 heteroatoms. The van der Waals surface area contributed by atoms with Gasteiger partial charge in [-0.05, 0) is 30.7 Å². The first-order chi connectivity index (χ1) is 7.63. The molecule has 0 fully saturated rings. The maximum absolute atomic E-state index is 11.2. The van der Waals surface area contributed by atoms with Gasteiger partial charge in [0.05, 0.1) is 5.56 Å². The molecule has 0 aliphatic rings. The summed E-state index contributed by atoms with van der Waals surface area (Å²) in [5, 5.41) is 8.67. The normalized spacial score (nSPS) is 9.81. The van der Waals surface area contributed by atoms with Crippen molar-refractivity contribution in [3.8, 4) is 5.75 Å². The highest BCUT2D eigenvalue weighted by molar-refractivity contribution is 5.87. The number of ether oxygens (including phenoxy) is 1. The third-order valence-electron chi connectivity index (χ3n) is 2.03. The van der Waals surface area contributed by atoms with Crippen LogP contribution in [0.5, 0.6) is 5.75 Å². The highest BCUT2D eigenvalue weighted by Crippen LogP contribution is 2.12. The minimum Gasteiger partial charge on any atom is -0.486 e. The van der Waals surface area contributed by atoms with Crippen LogP contribution < -0.4 is 4.74 Å². The Labute approximate surface area is 93.9 Å². The Hall–Kier alpha value is -1.84. The number of carbonyl (C=O) groups excluding carboxylic acids is 1. The average molecular weight is 222 g/mol. The van der Waals surface area contributed by atoms with Gasteiger partial charge >= 0.3 is 5.97 Å². The molecule has 4 nitrogen and oxygen atoms in total. The molecule has 1 aromatic rings. The second kappa shape index (κ2) is 5.90. The summed E-state index contributed by atoms with van der Waals surface area (Å²) in [5.41, 5.74) is 0.201. The molecule has 0 saturated carbocycles. The molecule has 0 aliphatic heterocycles. The van der Waals surface area contributed by atoms with Gasteiger partial charge in [-0.3, -0.25) is 4.79 Å². The largest absolute Gasteiger partial charge is 0.486 e. The van der Waals surface area contributed by atoms with Gasteiger partial charge in [-0.2, -0.15) is 0 Å². The monoisotopic (exact) mass is 222 g/mol. The quantitative estimate of drug-likeness (QED) is 0.800. The van der Waals surface area contributed by atoms with Gasteiger partial charge in [0.25, 0.3) is 0 Å². The summed E-state index contributed by atoms with van der Waals surface area (Å²) in [6.45, 7) is 1.97. The number of hydrogen-bond acceptors (Lipinski definition) is 3. The smallest absolute Gasteiger partial charge is 0.335 e. The van der Waals surface area contributed by atoms with Gasteiger partial charge in [-0.1, -0.05) is 6.92 Å². The summed E-state index contributed by atoms with van der Waals surface area (Å²) in [6, 6.07) is 5.98. The SMILES string of the molecule is CCCC(=O)COc1ccc(C(=O)O)cc1. The molecular weight excluding hydrogens is 208 g/mol. The van der Waals surface area contributed by atoms with Crippen LogP contribution >= 0.6 is 0 Å². The molecule has 0 spiro atoms. The second-order valence-electron chi connectivity index (χ2n) is 3.41. The van der Waals surface area contributed by atoms with E-state index in [2.05, 4.69) is 0 Å². The van der Waals surface area contributed by atoms with E-state index >= 15 is 0 Å². The van der Waals surface area contributed by atoms with Crippen LogP contribution in [0.2, 0.25) is 0 Å². The summed E-state index contributed by atoms with van der Waals surface area (Å²) in [4.78, 5) is 21.7. The molecule has 16 heavy (non-hydrogen) atoms. The first-order valence-electron chi connectivity index (χ1n) is 5.11. The fraction of sp³-hybridized carbons (Fsp3) is 0.333. The van der Waals surface area contributed by atoms with Gasteiger partial charge in [-0.25, -0.2) is 4.79 Å². The first kappa shape index (κ1) is 12.2. The molecule has 0 radical (unpaired) electrons. The van der Waals surface area contributed by atoms with E-state index in [1.165, 1.54) is 12.1 Å². The molecule has 1 aromatic carbocycles. The molecule has 0 saturated heterocycles. The minimum atomic E-state index is -0.978. The number of hydrogen-bond donors (Lipinski definition) is 1. The second-order valence-corrected chi connectivity index (χ2v) is 3.41. The van der Waals surface area contributed by atoms with E-state index in [0.29, 0.717) is 12.2 Å². The summed E-state index contributed by atoms with van der Waals surface area (Å²) >= 11 is 0. The van der Waals surface area contributed by atoms with Gasteiger partial charge < -0.3 is 9.84 Å². The first-order valence-corrected chi connectivity index (χ1v) is 5.11. The Bertz CT molecular complexity index is 367. The van der Waals surface area contributed by atoms with E-state index in [9.17, 15) is 9.59 Å². The van der Waals surface area contributed by atoms with Crippen molar-refractivity contribution in [2.45, 2.75) is 19.8 Å². The van der Waals surface area contributed by atoms with Crippen LogP contribution in [0.1, 0.15) is 30.1 Å². The van der Waals surface area contributed by atoms with E-state index in [-0.39, 0.29) is 18.0 Å². The highest BCUT2D eigenvalue weighted by atomic mass is 16.5. The Balaban J connectivity index is 2.49. The molecular formula is C12H14O4. The fourth-order valence-corrected chi connectivity index (χ4v) is 1.21. The van der Waals surface area contributed by atoms with Crippen LogP contribution in [-0.4, -0.2) is 23.5 Å². The van der Waals surface area contributed by atoms with E-state index in [1.807, 2.05) is 6.92 Å². The standard InChI is InChI=1S/C12H14O4/c1-2-3-10(13)8-16-11-6-4-9(5-7-11)12(14)15/h4-7H,2-3,8H2,1H3,(H,14,15). The predicted octanol–water partition coefficient (Wildman–Crippen LogP) is 2.13. The lowest BCUT2D eigenvalue weighted by Crippen LogP contribution is -2.10. The lowest BCUT2D eigenvalue weighted by molar-refractivity contribution is -0.121. The van der Waals surface area contributed by atoms with Gasteiger partial charge in [-0.15, -0.1) is 0 Å². The van der Waals surface area contributed by atoms with Crippen LogP contribution in [0, 0.1) is 0 Å². The van der Waals surface area contributed by atoms with Crippen molar-refractivity contribution >= 4 is 11.8 Å². The zero-order chi connectivity index (χ0) is 12.0. The van der Waals surface area contributed by atoms with Crippen molar-refractivity contribution in [1.82, 2.24) is 0 Å². The van der Waals surface area contributed by atoms with Gasteiger partial charge in [0, 0.05) is 6.42 Å². The summed E-state index contributed by atoms with van der Waals surface area (Å²) < 4.78 is 5.21. The number of carboxylic acid groups (broad SMARTS) is 1. The molecule has 0 unspecified atom stereocenters. The zero-order valence-corrected chi connectivity index (χ0v) is 9.10. The lowest BCUT2D eigenvalue weighted by atomic mass is 10.2. The fourth-order valence-electron chi connectivity index (χ4n) is 1.21. The molecule has 0 aliphatic carbocycles. The third-order valence-corrected chi connectivity index (χ3v) is 2.03. The summed E-state index contributed by atoms with van der Waals surface area (Å²) in [5.74, 6) is -0.423. The molecule has 1 rings (SSSR count). The molecule has 1 N–H and O–H groups in total. The Kier molecular flexibility index (Phi) is 4.51. The van der Waals surface area contributed by atoms with Crippen LogP contribution in [0.4, 0.5) is 0 Å². The molecule has 0 aromatic heterocycles. The number of benzene rings is 1. The predicted molar refractivity (Wildman–Crippen MR) is 58.8 cm³/mol. The van der Waals surface area contributed by atoms with Gasteiger partial charge in [0.15, 0.2) is 5.78 Å². The Morgan fingerprint density at radius 2 is 1.88 bits per heavy atom. The number of carboxylic acids is 1. The maximum atomic E-state index is 11.2. The van der Waals surface area contributed by atoms with Crippen molar-refractivity contribution in [2.75, 3.05) is 6.61 Å². The molecule has 0 amide bonds. The van der Waals surface area contributed by atoms with Crippen LogP contribution in [0.25, 0.3) is 0 Å². The summed E-state index contributed by atoms with van der Waals surface area (Å²) in [6.07, 6.45) is 1.31. The molecule has 0 heterocycles. The topological polar surface area (TPSA) is 63.6 Å². The van der Waals surface area contributed by atoms with Crippen molar-refractivity contribution in [2.24, 2.45) is 0 Å². The number of carbonyl (C=O) groups is 2. The van der Waals surface area contributed by atoms with Crippen molar-refractivity contribution in [3.05, 3.63) is 29.8 Å². The minimum absolute atomic E-state index is 0.0419. The van der Waals surface area contributed by atoms with Crippen molar-refractivity contribution in [3.63, 3.8) is 0 Å². The van der Waals surface area contributed by atoms with E-state index in [4.69, 9.17) is 9.84 Å². The average Bonchev–Trinajstić information content (AvgIpc) is 2.27. The number of rotatable bonds is 6. The maximum Gasteiger partial charge on any atom is 0.335 e. The van der Waals surface area contributed by atoms with Gasteiger partial charge in [0.1, 0.15) is 12.4 Å². The molecule has 86 valence electrons. The number of aromatic carboxylic acids is 1. The van der Waals surface area contributed by atoms with Crippen LogP contribution in [0.3, 0.4) is 0 Å². The van der Waals surface area contributed by atoms with Gasteiger partial charge in [0.2, 0.25) is 0 Å². The van der Waals surface area contributed by atoms with Crippen LogP contribution in [-0.2, 0) is 4.79 Å². The molecule has 0 bridgehead atoms.